The van der Waals surface area contributed by atoms with Crippen molar-refractivity contribution in [2.45, 2.75) is 64.5 Å². The van der Waals surface area contributed by atoms with Gasteiger partial charge in [-0.25, -0.2) is 4.79 Å². The van der Waals surface area contributed by atoms with Crippen LogP contribution in [0.3, 0.4) is 0 Å². The zero-order valence-corrected chi connectivity index (χ0v) is 14.6. The van der Waals surface area contributed by atoms with Crippen LogP contribution >= 0.6 is 0 Å². The van der Waals surface area contributed by atoms with Gasteiger partial charge in [-0.1, -0.05) is 40.2 Å². The number of hydrogen-bond donors (Lipinski definition) is 0. The van der Waals surface area contributed by atoms with Crippen LogP contribution in [0.5, 0.6) is 0 Å². The molecule has 0 bridgehead atoms. The highest BCUT2D eigenvalue weighted by Gasteiger charge is 2.20. The summed E-state index contributed by atoms with van der Waals surface area (Å²) in [6, 6.07) is 0. The lowest BCUT2D eigenvalue weighted by Crippen LogP contribution is -2.36. The lowest BCUT2D eigenvalue weighted by molar-refractivity contribution is -0.140. The summed E-state index contributed by atoms with van der Waals surface area (Å²) in [5.41, 5.74) is -0.0475. The van der Waals surface area contributed by atoms with Crippen LogP contribution in [0.2, 0.25) is 0 Å². The molecule has 1 atom stereocenters. The van der Waals surface area contributed by atoms with Gasteiger partial charge in [0.2, 0.25) is 0 Å². The highest BCUT2D eigenvalue weighted by molar-refractivity contribution is 6.38. The Bertz CT molecular complexity index is 248. The zero-order chi connectivity index (χ0) is 15.2. The number of hydrogen-bond acceptors (Lipinski definition) is 4. The quantitative estimate of drug-likeness (QED) is 0.172. The molecule has 0 saturated heterocycles. The van der Waals surface area contributed by atoms with E-state index in [2.05, 4.69) is 20.4 Å². The molecule has 0 aliphatic rings. The summed E-state index contributed by atoms with van der Waals surface area (Å²) >= 11 is 0. The van der Waals surface area contributed by atoms with Gasteiger partial charge in [0.1, 0.15) is 15.4 Å². The van der Waals surface area contributed by atoms with E-state index in [1.807, 2.05) is 6.92 Å². The second-order valence-electron chi connectivity index (χ2n) is 4.79. The molecule has 0 amide bonds. The van der Waals surface area contributed by atoms with Crippen molar-refractivity contribution >= 4 is 15.5 Å². The average molecular weight is 302 g/mol. The van der Waals surface area contributed by atoms with Crippen molar-refractivity contribution in [2.75, 3.05) is 13.2 Å². The summed E-state index contributed by atoms with van der Waals surface area (Å²) in [7, 11) is -0.804. The van der Waals surface area contributed by atoms with E-state index in [9.17, 15) is 4.79 Å². The maximum Gasteiger partial charge on any atom is 0.330 e. The number of carbonyl (C=O) groups is 1. The van der Waals surface area contributed by atoms with Gasteiger partial charge in [-0.05, 0) is 19.3 Å². The minimum Gasteiger partial charge on any atom is -0.464 e. The number of rotatable bonds is 13. The van der Waals surface area contributed by atoms with Gasteiger partial charge in [-0.2, -0.15) is 0 Å². The van der Waals surface area contributed by atoms with Gasteiger partial charge in [0.15, 0.2) is 0 Å². The first kappa shape index (κ1) is 19.3. The van der Waals surface area contributed by atoms with Crippen LogP contribution in [-0.4, -0.2) is 40.3 Å². The smallest absolute Gasteiger partial charge is 0.330 e. The molecular formula is C15H30O4Si. The molecular weight excluding hydrogens is 272 g/mol. The third-order valence-corrected chi connectivity index (χ3v) is 5.09. The topological polar surface area (TPSA) is 44.8 Å². The first-order chi connectivity index (χ1) is 9.67. The van der Waals surface area contributed by atoms with Gasteiger partial charge in [0.05, 0.1) is 5.73 Å². The molecule has 118 valence electrons. The minimum atomic E-state index is -0.804. The van der Waals surface area contributed by atoms with Gasteiger partial charge in [0.25, 0.3) is 0 Å². The van der Waals surface area contributed by atoms with E-state index in [-0.39, 0.29) is 17.6 Å². The predicted octanol–water partition coefficient (Wildman–Crippen LogP) is 2.54. The van der Waals surface area contributed by atoms with Crippen molar-refractivity contribution in [2.24, 2.45) is 0 Å². The van der Waals surface area contributed by atoms with Gasteiger partial charge in [0, 0.05) is 19.3 Å². The van der Waals surface area contributed by atoms with Crippen molar-refractivity contribution < 1.29 is 19.0 Å². The number of ether oxygens (including phenoxy) is 3. The van der Waals surface area contributed by atoms with E-state index in [4.69, 9.17) is 14.2 Å². The van der Waals surface area contributed by atoms with Gasteiger partial charge < -0.3 is 14.2 Å². The molecule has 0 fully saturated rings. The van der Waals surface area contributed by atoms with E-state index in [0.29, 0.717) is 13.2 Å². The van der Waals surface area contributed by atoms with E-state index >= 15 is 0 Å². The Labute approximate surface area is 125 Å². The fraction of sp³-hybridized carbons (Fsp3) is 0.800. The van der Waals surface area contributed by atoms with Crippen molar-refractivity contribution in [1.29, 1.82) is 0 Å². The van der Waals surface area contributed by atoms with E-state index < -0.39 is 9.52 Å². The number of carbonyl (C=O) groups excluding carboxylic acids is 1. The molecule has 0 aliphatic carbocycles. The minimum absolute atomic E-state index is 0.0475. The van der Waals surface area contributed by atoms with Crippen molar-refractivity contribution in [3.8, 4) is 0 Å². The van der Waals surface area contributed by atoms with E-state index in [1.165, 1.54) is 6.08 Å². The van der Waals surface area contributed by atoms with Crippen LogP contribution in [0.4, 0.5) is 0 Å². The van der Waals surface area contributed by atoms with Gasteiger partial charge in [-0.3, -0.25) is 0 Å². The van der Waals surface area contributed by atoms with Crippen LogP contribution in [0.1, 0.15) is 52.9 Å². The standard InChI is InChI=1S/C15H30O4Si/c1-5-9-11-17-15(18-12-10-6-2)20-14(8-4)19-13(16)7-3/h7,14-15H,3,5-6,8-12,20H2,1-2,4H3. The Hall–Kier alpha value is -0.653. The largest absolute Gasteiger partial charge is 0.464 e. The van der Waals surface area contributed by atoms with Crippen LogP contribution < -0.4 is 0 Å². The summed E-state index contributed by atoms with van der Waals surface area (Å²) in [4.78, 5) is 11.3. The molecule has 0 aromatic carbocycles. The Morgan fingerprint density at radius 3 is 2.10 bits per heavy atom. The van der Waals surface area contributed by atoms with Gasteiger partial charge in [-0.15, -0.1) is 0 Å². The summed E-state index contributed by atoms with van der Waals surface area (Å²) in [6.45, 7) is 11.1. The maximum atomic E-state index is 11.3. The fourth-order valence-electron chi connectivity index (χ4n) is 1.63. The Morgan fingerprint density at radius 2 is 1.70 bits per heavy atom. The maximum absolute atomic E-state index is 11.3. The molecule has 4 nitrogen and oxygen atoms in total. The molecule has 0 spiro atoms. The molecule has 0 N–H and O–H groups in total. The third-order valence-electron chi connectivity index (χ3n) is 2.96. The second-order valence-corrected chi connectivity index (χ2v) is 6.83. The highest BCUT2D eigenvalue weighted by Crippen LogP contribution is 2.06. The fourth-order valence-corrected chi connectivity index (χ4v) is 3.26. The highest BCUT2D eigenvalue weighted by atomic mass is 28.2. The van der Waals surface area contributed by atoms with E-state index in [0.717, 1.165) is 32.1 Å². The summed E-state index contributed by atoms with van der Waals surface area (Å²) < 4.78 is 16.9. The lowest BCUT2D eigenvalue weighted by atomic mass is 10.4. The summed E-state index contributed by atoms with van der Waals surface area (Å²) in [5, 5.41) is 0. The number of esters is 1. The molecule has 20 heavy (non-hydrogen) atoms. The Kier molecular flexibility index (Phi) is 12.9. The van der Waals surface area contributed by atoms with Crippen LogP contribution in [0.15, 0.2) is 12.7 Å². The zero-order valence-electron chi connectivity index (χ0n) is 13.2. The Balaban J connectivity index is 4.25. The van der Waals surface area contributed by atoms with Crippen LogP contribution in [0, 0.1) is 0 Å². The molecule has 0 rings (SSSR count). The SMILES string of the molecule is C=CC(=O)OC(CC)[SiH2]C(OCCCC)OCCCC. The normalized spacial score (nSPS) is 13.0. The first-order valence-corrected chi connectivity index (χ1v) is 9.37. The van der Waals surface area contributed by atoms with Crippen molar-refractivity contribution in [1.82, 2.24) is 0 Å². The molecule has 0 saturated carbocycles. The molecule has 0 radical (unpaired) electrons. The summed E-state index contributed by atoms with van der Waals surface area (Å²) in [5.74, 6) is -0.513. The molecule has 0 aliphatic heterocycles. The number of unbranched alkanes of at least 4 members (excludes halogenated alkanes) is 2. The van der Waals surface area contributed by atoms with Gasteiger partial charge >= 0.3 is 5.97 Å². The van der Waals surface area contributed by atoms with Crippen LogP contribution in [-0.2, 0) is 19.0 Å². The molecule has 0 aromatic rings. The summed E-state index contributed by atoms with van der Waals surface area (Å²) in [6.07, 6.45) is 6.28. The first-order valence-electron chi connectivity index (χ1n) is 7.74. The molecule has 0 heterocycles. The molecule has 1 unspecified atom stereocenters. The van der Waals surface area contributed by atoms with Crippen molar-refractivity contribution in [3.63, 3.8) is 0 Å². The molecule has 5 heteroatoms. The third kappa shape index (κ3) is 10.2. The predicted molar refractivity (Wildman–Crippen MR) is 84.4 cm³/mol. The van der Waals surface area contributed by atoms with E-state index in [1.54, 1.807) is 0 Å². The molecule has 0 aromatic heterocycles. The Morgan fingerprint density at radius 1 is 1.15 bits per heavy atom. The monoisotopic (exact) mass is 302 g/mol. The van der Waals surface area contributed by atoms with Crippen LogP contribution in [0.25, 0.3) is 0 Å². The van der Waals surface area contributed by atoms with Crippen molar-refractivity contribution in [3.05, 3.63) is 12.7 Å². The lowest BCUT2D eigenvalue weighted by Gasteiger charge is -2.23. The second kappa shape index (κ2) is 13.3. The average Bonchev–Trinajstić information content (AvgIpc) is 2.46.